The van der Waals surface area contributed by atoms with Crippen molar-refractivity contribution in [2.24, 2.45) is 0 Å². The smallest absolute Gasteiger partial charge is 0.301 e. The number of nitrogens with zero attached hydrogens (tertiary/aromatic N) is 3. The Kier molecular flexibility index (Phi) is 6.93. The van der Waals surface area contributed by atoms with E-state index >= 15 is 0 Å². The van der Waals surface area contributed by atoms with Gasteiger partial charge >= 0.3 is 5.91 Å². The molecular formula is C27H21N3O5S2. The van der Waals surface area contributed by atoms with Gasteiger partial charge in [0, 0.05) is 16.9 Å². The Bertz CT molecular complexity index is 1490. The number of amides is 1. The Balaban J connectivity index is 1.56. The number of methoxy groups -OCH3 is 1. The maximum absolute atomic E-state index is 13.3. The third kappa shape index (κ3) is 4.81. The predicted octanol–water partition coefficient (Wildman–Crippen LogP) is 5.17. The van der Waals surface area contributed by atoms with Crippen molar-refractivity contribution in [2.45, 2.75) is 16.1 Å². The molecule has 10 heteroatoms. The van der Waals surface area contributed by atoms with Crippen molar-refractivity contribution in [3.8, 4) is 11.5 Å². The number of hydrogen-bond donors (Lipinski definition) is 2. The molecule has 1 amide bonds. The van der Waals surface area contributed by atoms with Crippen molar-refractivity contribution in [3.63, 3.8) is 0 Å². The first-order valence-electron chi connectivity index (χ1n) is 11.2. The van der Waals surface area contributed by atoms with Gasteiger partial charge in [-0.25, -0.2) is 0 Å². The van der Waals surface area contributed by atoms with E-state index in [1.54, 1.807) is 42.5 Å². The SMILES string of the molecule is COc1ccc(/C(O)=C2\C(=O)C(=O)N(c3nnc(SCc4ccccc4)s3)C2c2ccccc2O)cc1. The first-order valence-corrected chi connectivity index (χ1v) is 13.0. The van der Waals surface area contributed by atoms with Crippen LogP contribution < -0.4 is 9.64 Å². The number of ether oxygens (including phenoxy) is 1. The van der Waals surface area contributed by atoms with E-state index in [-0.39, 0.29) is 27.8 Å². The number of hydrogen-bond acceptors (Lipinski definition) is 9. The van der Waals surface area contributed by atoms with Gasteiger partial charge in [-0.15, -0.1) is 10.2 Å². The van der Waals surface area contributed by atoms with Crippen LogP contribution in [0, 0.1) is 0 Å². The zero-order valence-corrected chi connectivity index (χ0v) is 21.2. The summed E-state index contributed by atoms with van der Waals surface area (Å²) in [5, 5.41) is 30.4. The van der Waals surface area contributed by atoms with Crippen LogP contribution in [0.5, 0.6) is 11.5 Å². The summed E-state index contributed by atoms with van der Waals surface area (Å²) in [6.45, 7) is 0. The topological polar surface area (TPSA) is 113 Å². The van der Waals surface area contributed by atoms with Gasteiger partial charge in [-0.05, 0) is 35.9 Å². The maximum atomic E-state index is 13.3. The number of phenols is 1. The molecule has 1 atom stereocenters. The van der Waals surface area contributed by atoms with Crippen molar-refractivity contribution in [1.29, 1.82) is 0 Å². The highest BCUT2D eigenvalue weighted by Crippen LogP contribution is 2.46. The number of anilines is 1. The van der Waals surface area contributed by atoms with Gasteiger partial charge < -0.3 is 14.9 Å². The number of rotatable bonds is 7. The summed E-state index contributed by atoms with van der Waals surface area (Å²) < 4.78 is 5.79. The third-order valence-electron chi connectivity index (χ3n) is 5.85. The minimum atomic E-state index is -1.09. The fraction of sp³-hybridized carbons (Fsp3) is 0.111. The number of phenolic OH excluding ortho intramolecular Hbond substituents is 1. The first-order chi connectivity index (χ1) is 18.0. The van der Waals surface area contributed by atoms with E-state index in [2.05, 4.69) is 10.2 Å². The molecule has 0 aliphatic carbocycles. The summed E-state index contributed by atoms with van der Waals surface area (Å²) >= 11 is 2.63. The molecular weight excluding hydrogens is 510 g/mol. The molecule has 1 fully saturated rings. The predicted molar refractivity (Wildman–Crippen MR) is 142 cm³/mol. The van der Waals surface area contributed by atoms with Crippen LogP contribution in [-0.2, 0) is 15.3 Å². The minimum absolute atomic E-state index is 0.122. The molecule has 2 N–H and O–H groups in total. The van der Waals surface area contributed by atoms with Crippen LogP contribution in [0.15, 0.2) is 88.8 Å². The van der Waals surface area contributed by atoms with E-state index in [1.165, 1.54) is 41.2 Å². The molecule has 3 aromatic carbocycles. The summed E-state index contributed by atoms with van der Waals surface area (Å²) in [6.07, 6.45) is 0. The van der Waals surface area contributed by atoms with E-state index in [1.807, 2.05) is 30.3 Å². The van der Waals surface area contributed by atoms with E-state index in [0.29, 0.717) is 21.4 Å². The molecule has 0 bridgehead atoms. The maximum Gasteiger partial charge on any atom is 0.301 e. The van der Waals surface area contributed by atoms with E-state index in [4.69, 9.17) is 4.74 Å². The van der Waals surface area contributed by atoms with Crippen LogP contribution >= 0.6 is 23.1 Å². The number of aromatic hydroxyl groups is 1. The molecule has 37 heavy (non-hydrogen) atoms. The first kappa shape index (κ1) is 24.5. The summed E-state index contributed by atoms with van der Waals surface area (Å²) in [4.78, 5) is 27.8. The Hall–Kier alpha value is -4.15. The van der Waals surface area contributed by atoms with Crippen molar-refractivity contribution in [1.82, 2.24) is 10.2 Å². The largest absolute Gasteiger partial charge is 0.508 e. The van der Waals surface area contributed by atoms with Gasteiger partial charge in [-0.2, -0.15) is 0 Å². The van der Waals surface area contributed by atoms with Crippen molar-refractivity contribution in [2.75, 3.05) is 12.0 Å². The average molecular weight is 532 g/mol. The molecule has 1 unspecified atom stereocenters. The molecule has 1 aliphatic heterocycles. The highest BCUT2D eigenvalue weighted by molar-refractivity contribution is 8.00. The lowest BCUT2D eigenvalue weighted by atomic mass is 9.95. The second kappa shape index (κ2) is 10.5. The summed E-state index contributed by atoms with van der Waals surface area (Å²) in [5.74, 6) is -0.990. The van der Waals surface area contributed by atoms with Crippen molar-refractivity contribution >= 4 is 45.7 Å². The quantitative estimate of drug-likeness (QED) is 0.110. The third-order valence-corrected chi connectivity index (χ3v) is 7.97. The number of aliphatic hydroxyl groups is 1. The number of Topliss-reactive ketones (excluding diaryl/α,β-unsaturated/α-hetero) is 1. The molecule has 5 rings (SSSR count). The van der Waals surface area contributed by atoms with E-state index in [9.17, 15) is 19.8 Å². The highest BCUT2D eigenvalue weighted by Gasteiger charge is 2.49. The molecule has 1 aromatic heterocycles. The van der Waals surface area contributed by atoms with Crippen LogP contribution in [0.3, 0.4) is 0 Å². The van der Waals surface area contributed by atoms with Gasteiger partial charge in [-0.3, -0.25) is 14.5 Å². The van der Waals surface area contributed by atoms with Gasteiger partial charge in [0.05, 0.1) is 12.7 Å². The Morgan fingerprint density at radius 3 is 2.41 bits per heavy atom. The van der Waals surface area contributed by atoms with Crippen LogP contribution in [-0.4, -0.2) is 39.2 Å². The summed E-state index contributed by atoms with van der Waals surface area (Å²) in [5.41, 5.74) is 1.57. The molecule has 1 saturated heterocycles. The number of ketones is 1. The fourth-order valence-corrected chi connectivity index (χ4v) is 5.85. The summed E-state index contributed by atoms with van der Waals surface area (Å²) in [7, 11) is 1.52. The standard InChI is InChI=1S/C27H21N3O5S2/c1-35-18-13-11-17(12-14-18)23(32)21-22(19-9-5-6-10-20(19)31)30(25(34)24(21)33)26-28-29-27(37-26)36-15-16-7-3-2-4-8-16/h2-14,22,31-32H,15H2,1H3/b23-21+. The van der Waals surface area contributed by atoms with Gasteiger partial charge in [0.25, 0.3) is 5.78 Å². The van der Waals surface area contributed by atoms with Crippen molar-refractivity contribution < 1.29 is 24.5 Å². The van der Waals surface area contributed by atoms with Gasteiger partial charge in [0.15, 0.2) is 4.34 Å². The highest BCUT2D eigenvalue weighted by atomic mass is 32.2. The number of carbonyl (C=O) groups is 2. The van der Waals surface area contributed by atoms with E-state index in [0.717, 1.165) is 5.56 Å². The lowest BCUT2D eigenvalue weighted by molar-refractivity contribution is -0.132. The van der Waals surface area contributed by atoms with Gasteiger partial charge in [0.2, 0.25) is 5.13 Å². The molecule has 8 nitrogen and oxygen atoms in total. The van der Waals surface area contributed by atoms with Crippen LogP contribution in [0.25, 0.3) is 5.76 Å². The average Bonchev–Trinajstić information content (AvgIpc) is 3.50. The van der Waals surface area contributed by atoms with Gasteiger partial charge in [-0.1, -0.05) is 71.6 Å². The zero-order valence-electron chi connectivity index (χ0n) is 19.6. The fourth-order valence-electron chi connectivity index (χ4n) is 4.02. The molecule has 0 spiro atoms. The second-order valence-corrected chi connectivity index (χ2v) is 10.3. The molecule has 4 aromatic rings. The molecule has 1 aliphatic rings. The Labute approximate surface area is 220 Å². The van der Waals surface area contributed by atoms with Crippen molar-refractivity contribution in [3.05, 3.63) is 101 Å². The Morgan fingerprint density at radius 1 is 1.00 bits per heavy atom. The van der Waals surface area contributed by atoms with Crippen LogP contribution in [0.4, 0.5) is 5.13 Å². The number of aromatic nitrogens is 2. The molecule has 0 radical (unpaired) electrons. The normalized spacial score (nSPS) is 16.8. The van der Waals surface area contributed by atoms with Crippen LogP contribution in [0.1, 0.15) is 22.7 Å². The van der Waals surface area contributed by atoms with Crippen LogP contribution in [0.2, 0.25) is 0 Å². The Morgan fingerprint density at radius 2 is 1.70 bits per heavy atom. The number of benzene rings is 3. The zero-order chi connectivity index (χ0) is 25.9. The number of aliphatic hydroxyl groups excluding tert-OH is 1. The minimum Gasteiger partial charge on any atom is -0.508 e. The molecule has 0 saturated carbocycles. The van der Waals surface area contributed by atoms with E-state index < -0.39 is 17.7 Å². The number of thioether (sulfide) groups is 1. The molecule has 186 valence electrons. The number of para-hydroxylation sites is 1. The monoisotopic (exact) mass is 531 g/mol. The summed E-state index contributed by atoms with van der Waals surface area (Å²) in [6, 6.07) is 21.6. The second-order valence-electron chi connectivity index (χ2n) is 8.08. The molecule has 2 heterocycles. The number of carbonyl (C=O) groups excluding carboxylic acids is 2. The van der Waals surface area contributed by atoms with Gasteiger partial charge in [0.1, 0.15) is 23.3 Å². The lowest BCUT2D eigenvalue weighted by Gasteiger charge is -2.23. The lowest BCUT2D eigenvalue weighted by Crippen LogP contribution is -2.29.